The van der Waals surface area contributed by atoms with Gasteiger partial charge in [-0.05, 0) is 38.8 Å². The molecular weight excluding hydrogens is 366 g/mol. The normalized spacial score (nSPS) is 17.8. The second kappa shape index (κ2) is 8.37. The number of likely N-dealkylation sites (tertiary alicyclic amines) is 1. The van der Waals surface area contributed by atoms with E-state index in [1.807, 2.05) is 28.8 Å². The molecule has 1 fully saturated rings. The van der Waals surface area contributed by atoms with E-state index in [1.54, 1.807) is 13.2 Å². The molecule has 154 valence electrons. The molecule has 1 aromatic carbocycles. The summed E-state index contributed by atoms with van der Waals surface area (Å²) in [7, 11) is 1.63. The topological polar surface area (TPSA) is 72.2 Å². The summed E-state index contributed by atoms with van der Waals surface area (Å²) in [5, 5.41) is 8.91. The van der Waals surface area contributed by atoms with Crippen molar-refractivity contribution in [3.05, 3.63) is 40.8 Å². The minimum atomic E-state index is -0.189. The summed E-state index contributed by atoms with van der Waals surface area (Å²) in [6.45, 7) is 5.24. The van der Waals surface area contributed by atoms with Crippen molar-refractivity contribution in [1.29, 1.82) is 0 Å². The van der Waals surface area contributed by atoms with E-state index < -0.39 is 0 Å². The molecule has 1 amide bonds. The number of nitrogens with one attached hydrogen (secondary N) is 1. The minimum Gasteiger partial charge on any atom is -0.355 e. The molecule has 0 aliphatic carbocycles. The lowest BCUT2D eigenvalue weighted by atomic mass is 10.0. The van der Waals surface area contributed by atoms with E-state index in [2.05, 4.69) is 22.2 Å². The van der Waals surface area contributed by atoms with Crippen LogP contribution in [0.1, 0.15) is 32.6 Å². The average Bonchev–Trinajstić information content (AvgIpc) is 3.03. The fraction of sp³-hybridized carbons (Fsp3) is 0.500. The largest absolute Gasteiger partial charge is 0.355 e. The second-order valence-electron chi connectivity index (χ2n) is 8.02. The molecule has 1 N–H and O–H groups in total. The number of para-hydroxylation sites is 1. The van der Waals surface area contributed by atoms with Gasteiger partial charge in [-0.1, -0.05) is 24.6 Å². The number of fused-ring (bicyclic) bond motifs is 3. The monoisotopic (exact) mass is 395 g/mol. The first-order chi connectivity index (χ1) is 14.1. The van der Waals surface area contributed by atoms with Crippen molar-refractivity contribution in [2.75, 3.05) is 19.6 Å². The van der Waals surface area contributed by atoms with Crippen LogP contribution in [0.5, 0.6) is 0 Å². The van der Waals surface area contributed by atoms with Crippen molar-refractivity contribution in [3.63, 3.8) is 0 Å². The maximum atomic E-state index is 12.7. The molecule has 0 bridgehead atoms. The van der Waals surface area contributed by atoms with E-state index in [-0.39, 0.29) is 18.0 Å². The molecule has 1 aliphatic rings. The Morgan fingerprint density at radius 1 is 1.24 bits per heavy atom. The fourth-order valence-corrected chi connectivity index (χ4v) is 4.41. The lowest BCUT2D eigenvalue weighted by Crippen LogP contribution is -2.39. The number of piperidine rings is 1. The zero-order valence-electron chi connectivity index (χ0n) is 17.2. The highest BCUT2D eigenvalue weighted by molar-refractivity contribution is 6.07. The molecule has 4 rings (SSSR count). The van der Waals surface area contributed by atoms with Crippen LogP contribution in [0.4, 0.5) is 0 Å². The molecule has 3 aromatic rings. The molecule has 0 saturated carbocycles. The van der Waals surface area contributed by atoms with Crippen molar-refractivity contribution in [1.82, 2.24) is 24.6 Å². The highest BCUT2D eigenvalue weighted by atomic mass is 16.2. The van der Waals surface area contributed by atoms with Gasteiger partial charge >= 0.3 is 0 Å². The number of hydrogen-bond acceptors (Lipinski definition) is 4. The predicted octanol–water partition coefficient (Wildman–Crippen LogP) is 2.27. The van der Waals surface area contributed by atoms with Crippen molar-refractivity contribution in [2.24, 2.45) is 7.05 Å². The van der Waals surface area contributed by atoms with Gasteiger partial charge in [-0.15, -0.1) is 0 Å². The fourth-order valence-electron chi connectivity index (χ4n) is 4.41. The highest BCUT2D eigenvalue weighted by Gasteiger charge is 2.18. The summed E-state index contributed by atoms with van der Waals surface area (Å²) >= 11 is 0. The summed E-state index contributed by atoms with van der Waals surface area (Å²) in [6, 6.07) is 8.41. The number of rotatable bonds is 6. The Labute approximate surface area is 170 Å². The lowest BCUT2D eigenvalue weighted by Gasteiger charge is -2.33. The third-order valence-corrected chi connectivity index (χ3v) is 6.05. The van der Waals surface area contributed by atoms with Crippen molar-refractivity contribution >= 4 is 27.7 Å². The van der Waals surface area contributed by atoms with E-state index in [0.29, 0.717) is 18.1 Å². The molecular formula is C22H29N5O2. The molecule has 0 spiro atoms. The van der Waals surface area contributed by atoms with Gasteiger partial charge in [-0.25, -0.2) is 4.68 Å². The Hall–Kier alpha value is -2.67. The SMILES string of the molecule is CC1CCCCN1CCCNC(=O)Cn1c2ccccc2c2cnn(C)c(=O)c21. The number of nitrogens with zero attached hydrogens (tertiary/aromatic N) is 4. The predicted molar refractivity (Wildman–Crippen MR) is 115 cm³/mol. The van der Waals surface area contributed by atoms with E-state index >= 15 is 0 Å². The van der Waals surface area contributed by atoms with Crippen LogP contribution in [0.15, 0.2) is 35.3 Å². The number of hydrogen-bond donors (Lipinski definition) is 1. The Kier molecular flexibility index (Phi) is 5.67. The van der Waals surface area contributed by atoms with Crippen LogP contribution in [0, 0.1) is 0 Å². The maximum Gasteiger partial charge on any atom is 0.291 e. The Morgan fingerprint density at radius 3 is 2.90 bits per heavy atom. The van der Waals surface area contributed by atoms with Crippen LogP contribution >= 0.6 is 0 Å². The van der Waals surface area contributed by atoms with Crippen molar-refractivity contribution in [2.45, 2.75) is 45.2 Å². The van der Waals surface area contributed by atoms with Gasteiger partial charge in [0.15, 0.2) is 0 Å². The third kappa shape index (κ3) is 3.92. The summed E-state index contributed by atoms with van der Waals surface area (Å²) in [5.74, 6) is -0.0711. The van der Waals surface area contributed by atoms with Crippen LogP contribution in [-0.2, 0) is 18.4 Å². The number of carbonyl (C=O) groups excluding carboxylic acids is 1. The van der Waals surface area contributed by atoms with Gasteiger partial charge in [0.1, 0.15) is 12.1 Å². The maximum absolute atomic E-state index is 12.7. The smallest absolute Gasteiger partial charge is 0.291 e. The van der Waals surface area contributed by atoms with Crippen LogP contribution in [0.3, 0.4) is 0 Å². The first kappa shape index (κ1) is 19.6. The minimum absolute atomic E-state index is 0.0711. The Balaban J connectivity index is 1.46. The molecule has 2 aromatic heterocycles. The van der Waals surface area contributed by atoms with Crippen molar-refractivity contribution in [3.8, 4) is 0 Å². The molecule has 3 heterocycles. The first-order valence-corrected chi connectivity index (χ1v) is 10.5. The standard InChI is InChI=1S/C22H29N5O2/c1-16-8-5-6-12-26(16)13-7-11-23-20(28)15-27-19-10-4-3-9-17(19)18-14-24-25(2)22(29)21(18)27/h3-4,9-10,14,16H,5-8,11-13,15H2,1-2H3,(H,23,28). The van der Waals surface area contributed by atoms with Gasteiger partial charge in [0.2, 0.25) is 5.91 Å². The van der Waals surface area contributed by atoms with Gasteiger partial charge < -0.3 is 14.8 Å². The van der Waals surface area contributed by atoms with Crippen LogP contribution < -0.4 is 10.9 Å². The molecule has 0 radical (unpaired) electrons. The number of carbonyl (C=O) groups is 1. The molecule has 1 aliphatic heterocycles. The molecule has 7 heteroatoms. The van der Waals surface area contributed by atoms with E-state index in [0.717, 1.165) is 35.8 Å². The van der Waals surface area contributed by atoms with Crippen LogP contribution in [0.2, 0.25) is 0 Å². The highest BCUT2D eigenvalue weighted by Crippen LogP contribution is 2.26. The third-order valence-electron chi connectivity index (χ3n) is 6.05. The molecule has 29 heavy (non-hydrogen) atoms. The number of amides is 1. The van der Waals surface area contributed by atoms with Gasteiger partial charge in [0, 0.05) is 42.5 Å². The van der Waals surface area contributed by atoms with E-state index in [9.17, 15) is 9.59 Å². The summed E-state index contributed by atoms with van der Waals surface area (Å²) in [6.07, 6.45) is 6.50. The van der Waals surface area contributed by atoms with Gasteiger partial charge in [0.05, 0.1) is 6.20 Å². The van der Waals surface area contributed by atoms with Gasteiger partial charge in [-0.2, -0.15) is 5.10 Å². The lowest BCUT2D eigenvalue weighted by molar-refractivity contribution is -0.121. The number of benzene rings is 1. The molecule has 1 atom stereocenters. The van der Waals surface area contributed by atoms with E-state index in [4.69, 9.17) is 0 Å². The van der Waals surface area contributed by atoms with Gasteiger partial charge in [0.25, 0.3) is 5.56 Å². The Morgan fingerprint density at radius 2 is 2.07 bits per heavy atom. The van der Waals surface area contributed by atoms with E-state index in [1.165, 1.54) is 23.9 Å². The Bertz CT molecular complexity index is 1080. The number of aryl methyl sites for hydroxylation is 1. The first-order valence-electron chi connectivity index (χ1n) is 10.5. The summed E-state index contributed by atoms with van der Waals surface area (Å²) < 4.78 is 3.13. The van der Waals surface area contributed by atoms with Crippen LogP contribution in [0.25, 0.3) is 21.8 Å². The van der Waals surface area contributed by atoms with Gasteiger partial charge in [-0.3, -0.25) is 9.59 Å². The molecule has 1 saturated heterocycles. The summed E-state index contributed by atoms with van der Waals surface area (Å²) in [5.41, 5.74) is 1.22. The second-order valence-corrected chi connectivity index (χ2v) is 8.02. The summed E-state index contributed by atoms with van der Waals surface area (Å²) in [4.78, 5) is 27.9. The average molecular weight is 396 g/mol. The zero-order chi connectivity index (χ0) is 20.4. The zero-order valence-corrected chi connectivity index (χ0v) is 17.2. The quantitative estimate of drug-likeness (QED) is 0.650. The molecule has 7 nitrogen and oxygen atoms in total. The van der Waals surface area contributed by atoms with Crippen molar-refractivity contribution < 1.29 is 4.79 Å². The van der Waals surface area contributed by atoms with Crippen LogP contribution in [-0.4, -0.2) is 50.8 Å². The molecule has 1 unspecified atom stereocenters. The number of aromatic nitrogens is 3.